The molecule has 7 heteroatoms. The quantitative estimate of drug-likeness (QED) is 0.648. The Morgan fingerprint density at radius 1 is 1.25 bits per heavy atom. The Morgan fingerprint density at radius 3 is 2.75 bits per heavy atom. The highest BCUT2D eigenvalue weighted by atomic mass is 35.5. The lowest BCUT2D eigenvalue weighted by Gasteiger charge is -2.40. The van der Waals surface area contributed by atoms with Gasteiger partial charge in [0.05, 0.1) is 11.6 Å². The number of carbonyl (C=O) groups is 1. The summed E-state index contributed by atoms with van der Waals surface area (Å²) in [5.41, 5.74) is 1.23. The maximum Gasteiger partial charge on any atom is 0.326 e. The first-order chi connectivity index (χ1) is 13.6. The van der Waals surface area contributed by atoms with Gasteiger partial charge in [0.1, 0.15) is 6.54 Å². The molecule has 0 radical (unpaired) electrons. The van der Waals surface area contributed by atoms with Crippen LogP contribution >= 0.6 is 34.7 Å². The Morgan fingerprint density at radius 2 is 2.00 bits per heavy atom. The van der Waals surface area contributed by atoms with E-state index in [1.165, 1.54) is 36.2 Å². The third-order valence-electron chi connectivity index (χ3n) is 6.51. The summed E-state index contributed by atoms with van der Waals surface area (Å²) in [5.74, 6) is 1.88. The Hall–Kier alpha value is -1.24. The maximum absolute atomic E-state index is 12.8. The van der Waals surface area contributed by atoms with Gasteiger partial charge in [0.2, 0.25) is 0 Å². The number of hydrogen-bond donors (Lipinski definition) is 0. The first kappa shape index (κ1) is 18.8. The molecule has 1 aliphatic heterocycles. The standard InChI is InChI=1S/C21H22ClNO3S2/c1-2-26-15(24)10-23-20-19(28-21(23)25)16(11-5-7-14(22)8-6-11)17-12-3-4-13(9-12)18(17)27-20/h5-8,12-13,16-18H,2-4,9-10H2,1H3/t12-,13-,16+,17+,18-/m0/s1. The van der Waals surface area contributed by atoms with Crippen LogP contribution in [0.15, 0.2) is 34.1 Å². The lowest BCUT2D eigenvalue weighted by atomic mass is 9.75. The number of nitrogens with zero attached hydrogens (tertiary/aromatic N) is 1. The largest absolute Gasteiger partial charge is 0.465 e. The molecule has 1 aromatic carbocycles. The van der Waals surface area contributed by atoms with E-state index in [0.29, 0.717) is 23.7 Å². The van der Waals surface area contributed by atoms with Gasteiger partial charge in [0.25, 0.3) is 0 Å². The lowest BCUT2D eigenvalue weighted by molar-refractivity contribution is -0.144. The van der Waals surface area contributed by atoms with Crippen molar-refractivity contribution in [1.82, 2.24) is 4.57 Å². The Bertz CT molecular complexity index is 967. The van der Waals surface area contributed by atoms with Crippen LogP contribution in [0.25, 0.3) is 0 Å². The molecule has 0 amide bonds. The second-order valence-corrected chi connectivity index (χ2v) is 10.5. The highest BCUT2D eigenvalue weighted by Gasteiger charge is 2.55. The zero-order chi connectivity index (χ0) is 19.4. The molecule has 0 N–H and O–H groups in total. The molecular weight excluding hydrogens is 414 g/mol. The fraction of sp³-hybridized carbons (Fsp3) is 0.524. The van der Waals surface area contributed by atoms with Crippen LogP contribution in [0.2, 0.25) is 5.02 Å². The molecule has 4 nitrogen and oxygen atoms in total. The van der Waals surface area contributed by atoms with E-state index < -0.39 is 0 Å². The molecule has 5 rings (SSSR count). The van der Waals surface area contributed by atoms with Crippen LogP contribution in [0.1, 0.15) is 42.5 Å². The van der Waals surface area contributed by atoms with Crippen LogP contribution in [0.5, 0.6) is 0 Å². The second kappa shape index (κ2) is 7.22. The topological polar surface area (TPSA) is 48.3 Å². The van der Waals surface area contributed by atoms with E-state index in [9.17, 15) is 9.59 Å². The molecule has 5 atom stereocenters. The fourth-order valence-electron chi connectivity index (χ4n) is 5.47. The van der Waals surface area contributed by atoms with Crippen LogP contribution in [0, 0.1) is 17.8 Å². The molecule has 2 bridgehead atoms. The van der Waals surface area contributed by atoms with Crippen molar-refractivity contribution in [1.29, 1.82) is 0 Å². The van der Waals surface area contributed by atoms with Crippen molar-refractivity contribution in [2.45, 2.75) is 48.9 Å². The number of rotatable bonds is 4. The second-order valence-electron chi connectivity index (χ2n) is 7.95. The predicted octanol–water partition coefficient (Wildman–Crippen LogP) is 4.78. The van der Waals surface area contributed by atoms with E-state index in [1.54, 1.807) is 11.5 Å². The molecular formula is C21H22ClNO3S2. The van der Waals surface area contributed by atoms with Gasteiger partial charge in [-0.1, -0.05) is 35.1 Å². The molecule has 1 aromatic heterocycles. The minimum atomic E-state index is -0.344. The minimum absolute atomic E-state index is 0.00429. The first-order valence-corrected chi connectivity index (χ1v) is 12.0. The summed E-state index contributed by atoms with van der Waals surface area (Å²) in [5, 5.41) is 2.23. The van der Waals surface area contributed by atoms with E-state index in [0.717, 1.165) is 20.8 Å². The number of aromatic nitrogens is 1. The monoisotopic (exact) mass is 435 g/mol. The molecule has 2 aromatic rings. The normalized spacial score (nSPS) is 30.1. The Balaban J connectivity index is 1.61. The Kier molecular flexibility index (Phi) is 4.84. The van der Waals surface area contributed by atoms with E-state index in [2.05, 4.69) is 12.1 Å². The summed E-state index contributed by atoms with van der Waals surface area (Å²) >= 11 is 9.28. The number of hydrogen-bond acceptors (Lipinski definition) is 5. The van der Waals surface area contributed by atoms with Crippen LogP contribution < -0.4 is 4.87 Å². The number of esters is 1. The first-order valence-electron chi connectivity index (χ1n) is 9.88. The van der Waals surface area contributed by atoms with Crippen LogP contribution in [-0.2, 0) is 16.1 Å². The van der Waals surface area contributed by atoms with Gasteiger partial charge in [-0.15, -0.1) is 11.8 Å². The van der Waals surface area contributed by atoms with Crippen molar-refractivity contribution in [2.24, 2.45) is 17.8 Å². The predicted molar refractivity (Wildman–Crippen MR) is 112 cm³/mol. The number of carbonyl (C=O) groups excluding carboxylic acids is 1. The third-order valence-corrected chi connectivity index (χ3v) is 9.59. The van der Waals surface area contributed by atoms with Gasteiger partial charge in [-0.05, 0) is 61.6 Å². The van der Waals surface area contributed by atoms with E-state index >= 15 is 0 Å². The third kappa shape index (κ3) is 2.96. The van der Waals surface area contributed by atoms with Gasteiger partial charge in [-0.25, -0.2) is 0 Å². The van der Waals surface area contributed by atoms with E-state index in [-0.39, 0.29) is 23.3 Å². The molecule has 2 heterocycles. The van der Waals surface area contributed by atoms with Crippen LogP contribution in [-0.4, -0.2) is 22.4 Å². The van der Waals surface area contributed by atoms with Crippen molar-refractivity contribution >= 4 is 40.7 Å². The van der Waals surface area contributed by atoms with Gasteiger partial charge >= 0.3 is 10.8 Å². The molecule has 0 saturated heterocycles. The molecule has 0 spiro atoms. The zero-order valence-electron chi connectivity index (χ0n) is 15.6. The van der Waals surface area contributed by atoms with Crippen LogP contribution in [0.4, 0.5) is 0 Å². The molecule has 28 heavy (non-hydrogen) atoms. The van der Waals surface area contributed by atoms with Crippen molar-refractivity contribution < 1.29 is 9.53 Å². The summed E-state index contributed by atoms with van der Waals surface area (Å²) in [7, 11) is 0. The number of benzene rings is 1. The average Bonchev–Trinajstić information content (AvgIpc) is 3.36. The number of fused-ring (bicyclic) bond motifs is 6. The number of thioether (sulfide) groups is 1. The van der Waals surface area contributed by atoms with E-state index in [1.807, 2.05) is 23.9 Å². The van der Waals surface area contributed by atoms with Crippen molar-refractivity contribution in [3.63, 3.8) is 0 Å². The molecule has 3 aliphatic rings. The fourth-order valence-corrected chi connectivity index (χ4v) is 8.74. The molecule has 148 valence electrons. The van der Waals surface area contributed by atoms with Crippen molar-refractivity contribution in [2.75, 3.05) is 6.61 Å². The summed E-state index contributed by atoms with van der Waals surface area (Å²) in [4.78, 5) is 26.0. The minimum Gasteiger partial charge on any atom is -0.465 e. The lowest BCUT2D eigenvalue weighted by Crippen LogP contribution is -2.34. The molecule has 2 fully saturated rings. The van der Waals surface area contributed by atoms with Crippen LogP contribution in [0.3, 0.4) is 0 Å². The van der Waals surface area contributed by atoms with E-state index in [4.69, 9.17) is 16.3 Å². The number of thiazole rings is 1. The van der Waals surface area contributed by atoms with Gasteiger partial charge in [-0.2, -0.15) is 0 Å². The summed E-state index contributed by atoms with van der Waals surface area (Å²) in [6.45, 7) is 2.12. The molecule has 2 aliphatic carbocycles. The Labute approximate surface area is 177 Å². The molecule has 2 saturated carbocycles. The number of ether oxygens (including phenoxy) is 1. The maximum atomic E-state index is 12.8. The highest BCUT2D eigenvalue weighted by Crippen LogP contribution is 2.64. The highest BCUT2D eigenvalue weighted by molar-refractivity contribution is 8.00. The number of halogens is 1. The molecule has 0 unspecified atom stereocenters. The summed E-state index contributed by atoms with van der Waals surface area (Å²) in [6.07, 6.45) is 3.88. The van der Waals surface area contributed by atoms with Gasteiger partial charge in [-0.3, -0.25) is 14.2 Å². The summed E-state index contributed by atoms with van der Waals surface area (Å²) in [6, 6.07) is 8.10. The van der Waals surface area contributed by atoms with Gasteiger partial charge in [0.15, 0.2) is 0 Å². The zero-order valence-corrected chi connectivity index (χ0v) is 18.0. The SMILES string of the molecule is CCOC(=O)Cn1c2c(sc1=O)[C@H](c1ccc(Cl)cc1)[C@H]1[C@H]3CC[C@@H](C3)[C@@H]1S2. The summed E-state index contributed by atoms with van der Waals surface area (Å²) < 4.78 is 6.75. The smallest absolute Gasteiger partial charge is 0.326 e. The van der Waals surface area contributed by atoms with Gasteiger partial charge in [0, 0.05) is 21.1 Å². The average molecular weight is 436 g/mol. The van der Waals surface area contributed by atoms with Crippen molar-refractivity contribution in [3.8, 4) is 0 Å². The van der Waals surface area contributed by atoms with Crippen molar-refractivity contribution in [3.05, 3.63) is 49.4 Å². The van der Waals surface area contributed by atoms with Gasteiger partial charge < -0.3 is 4.74 Å².